The average Bonchev–Trinajstić information content (AvgIpc) is 2.67. The lowest BCUT2D eigenvalue weighted by Crippen LogP contribution is -2.44. The van der Waals surface area contributed by atoms with E-state index in [1.54, 1.807) is 0 Å². The number of likely N-dealkylation sites (tertiary alicyclic amines) is 1. The van der Waals surface area contributed by atoms with Crippen LogP contribution in [0.3, 0.4) is 0 Å². The summed E-state index contributed by atoms with van der Waals surface area (Å²) in [7, 11) is 1.32. The van der Waals surface area contributed by atoms with Gasteiger partial charge in [-0.2, -0.15) is 0 Å². The maximum atomic E-state index is 12.8. The van der Waals surface area contributed by atoms with E-state index >= 15 is 0 Å². The van der Waals surface area contributed by atoms with Crippen LogP contribution in [0.4, 0.5) is 4.79 Å². The lowest BCUT2D eigenvalue weighted by Gasteiger charge is -2.34. The van der Waals surface area contributed by atoms with Crippen molar-refractivity contribution >= 4 is 12.0 Å². The van der Waals surface area contributed by atoms with Gasteiger partial charge in [-0.1, -0.05) is 33.8 Å². The first-order valence-electron chi connectivity index (χ1n) is 9.84. The molecule has 6 heteroatoms. The zero-order valence-corrected chi connectivity index (χ0v) is 17.2. The highest BCUT2D eigenvalue weighted by Crippen LogP contribution is 2.29. The minimum atomic E-state index is -0.496. The molecule has 0 aliphatic carbocycles. The molecule has 0 radical (unpaired) electrons. The van der Waals surface area contributed by atoms with E-state index in [0.29, 0.717) is 18.9 Å². The fourth-order valence-electron chi connectivity index (χ4n) is 3.44. The quantitative estimate of drug-likeness (QED) is 0.855. The van der Waals surface area contributed by atoms with Gasteiger partial charge in [-0.3, -0.25) is 9.78 Å². The molecular weight excluding hydrogens is 342 g/mol. The summed E-state index contributed by atoms with van der Waals surface area (Å²) in [6.07, 6.45) is 2.04. The fourth-order valence-corrected chi connectivity index (χ4v) is 3.44. The summed E-state index contributed by atoms with van der Waals surface area (Å²) in [6, 6.07) is 6.28. The third-order valence-corrected chi connectivity index (χ3v) is 5.28. The van der Waals surface area contributed by atoms with Gasteiger partial charge in [0.25, 0.3) is 0 Å². The zero-order chi connectivity index (χ0) is 20.0. The maximum absolute atomic E-state index is 12.8. The molecule has 1 aliphatic rings. The number of amides is 2. The summed E-state index contributed by atoms with van der Waals surface area (Å²) in [5.41, 5.74) is 2.28. The van der Waals surface area contributed by atoms with Crippen LogP contribution in [0, 0.1) is 5.92 Å². The molecule has 2 heterocycles. The van der Waals surface area contributed by atoms with Crippen molar-refractivity contribution in [3.05, 3.63) is 29.6 Å². The maximum Gasteiger partial charge on any atom is 0.406 e. The Morgan fingerprint density at radius 3 is 2.52 bits per heavy atom. The Bertz CT molecular complexity index is 646. The first-order chi connectivity index (χ1) is 12.8. The highest BCUT2D eigenvalue weighted by atomic mass is 16.5. The number of nitrogens with one attached hydrogen (secondary N) is 1. The van der Waals surface area contributed by atoms with Crippen LogP contribution in [0.25, 0.3) is 0 Å². The van der Waals surface area contributed by atoms with Gasteiger partial charge >= 0.3 is 6.09 Å². The Morgan fingerprint density at radius 2 is 1.96 bits per heavy atom. The van der Waals surface area contributed by atoms with E-state index in [1.165, 1.54) is 7.11 Å². The Hall–Kier alpha value is -2.11. The van der Waals surface area contributed by atoms with Gasteiger partial charge in [-0.05, 0) is 31.4 Å². The van der Waals surface area contributed by atoms with Crippen molar-refractivity contribution in [2.24, 2.45) is 5.92 Å². The van der Waals surface area contributed by atoms with Crippen LogP contribution in [-0.4, -0.2) is 48.6 Å². The second-order valence-electron chi connectivity index (χ2n) is 8.27. The van der Waals surface area contributed by atoms with Gasteiger partial charge in [0.15, 0.2) is 0 Å². The normalized spacial score (nSPS) is 16.7. The van der Waals surface area contributed by atoms with Crippen LogP contribution in [0.15, 0.2) is 18.2 Å². The van der Waals surface area contributed by atoms with Crippen molar-refractivity contribution in [2.75, 3.05) is 26.7 Å². The van der Waals surface area contributed by atoms with Gasteiger partial charge in [-0.25, -0.2) is 4.79 Å². The lowest BCUT2D eigenvalue weighted by molar-refractivity contribution is -0.136. The molecule has 1 aromatic heterocycles. The molecule has 0 bridgehead atoms. The highest BCUT2D eigenvalue weighted by molar-refractivity contribution is 5.80. The number of hydrogen-bond donors (Lipinski definition) is 1. The third kappa shape index (κ3) is 5.68. The van der Waals surface area contributed by atoms with Crippen molar-refractivity contribution in [3.8, 4) is 0 Å². The third-order valence-electron chi connectivity index (χ3n) is 5.28. The van der Waals surface area contributed by atoms with Crippen molar-refractivity contribution < 1.29 is 14.3 Å². The van der Waals surface area contributed by atoms with Crippen LogP contribution in [0.2, 0.25) is 0 Å². The van der Waals surface area contributed by atoms with Crippen molar-refractivity contribution in [1.82, 2.24) is 15.2 Å². The number of carbonyl (C=O) groups is 2. The number of methoxy groups -OCH3 is 1. The van der Waals surface area contributed by atoms with E-state index in [-0.39, 0.29) is 17.2 Å². The first kappa shape index (κ1) is 21.2. The van der Waals surface area contributed by atoms with Crippen molar-refractivity contribution in [2.45, 2.75) is 58.3 Å². The molecule has 2 amide bonds. The Kier molecular flexibility index (Phi) is 7.22. The minimum Gasteiger partial charge on any atom is -0.453 e. The van der Waals surface area contributed by atoms with E-state index in [2.05, 4.69) is 49.0 Å². The predicted octanol–water partition coefficient (Wildman–Crippen LogP) is 3.47. The number of carbonyl (C=O) groups excluding carboxylic acids is 2. The van der Waals surface area contributed by atoms with Gasteiger partial charge in [0.05, 0.1) is 13.0 Å². The monoisotopic (exact) mass is 375 g/mol. The summed E-state index contributed by atoms with van der Waals surface area (Å²) in [5, 5.41) is 2.64. The van der Waals surface area contributed by atoms with Gasteiger partial charge in [0.2, 0.25) is 5.91 Å². The second kappa shape index (κ2) is 9.20. The predicted molar refractivity (Wildman–Crippen MR) is 106 cm³/mol. The topological polar surface area (TPSA) is 71.5 Å². The number of nitrogens with zero attached hydrogens (tertiary/aromatic N) is 2. The molecule has 6 nitrogen and oxygen atoms in total. The summed E-state index contributed by atoms with van der Waals surface area (Å²) in [4.78, 5) is 30.9. The minimum absolute atomic E-state index is 0.0354. The molecule has 0 spiro atoms. The molecule has 27 heavy (non-hydrogen) atoms. The number of aromatic nitrogens is 1. The molecule has 1 saturated heterocycles. The van der Waals surface area contributed by atoms with E-state index in [9.17, 15) is 9.59 Å². The molecule has 1 aromatic rings. The summed E-state index contributed by atoms with van der Waals surface area (Å²) >= 11 is 0. The molecule has 1 atom stereocenters. The summed E-state index contributed by atoms with van der Waals surface area (Å²) in [5.74, 6) is 0.302. The Labute approximate surface area is 162 Å². The Morgan fingerprint density at radius 1 is 1.30 bits per heavy atom. The van der Waals surface area contributed by atoms with Gasteiger partial charge in [-0.15, -0.1) is 0 Å². The largest absolute Gasteiger partial charge is 0.453 e. The molecule has 150 valence electrons. The fraction of sp³-hybridized carbons (Fsp3) is 0.667. The summed E-state index contributed by atoms with van der Waals surface area (Å²) in [6.45, 7) is 10.3. The van der Waals surface area contributed by atoms with Gasteiger partial charge in [0.1, 0.15) is 0 Å². The standard InChI is InChI=1S/C21H33N3O3/c1-6-15(14-22-20(26)27-5)19(25)24-12-10-16(11-13-24)17-8-7-9-18(23-17)21(2,3)4/h7-9,15-16H,6,10-14H2,1-5H3,(H,22,26). The van der Waals surface area contributed by atoms with Gasteiger partial charge in [0, 0.05) is 42.4 Å². The molecule has 2 rings (SSSR count). The summed E-state index contributed by atoms with van der Waals surface area (Å²) < 4.78 is 4.58. The SMILES string of the molecule is CCC(CNC(=O)OC)C(=O)N1CCC(c2cccc(C(C)(C)C)n2)CC1. The smallest absolute Gasteiger partial charge is 0.406 e. The number of piperidine rings is 1. The molecule has 1 aliphatic heterocycles. The zero-order valence-electron chi connectivity index (χ0n) is 17.2. The van der Waals surface area contributed by atoms with E-state index in [4.69, 9.17) is 4.98 Å². The number of ether oxygens (including phenoxy) is 1. The molecule has 0 saturated carbocycles. The molecule has 1 fully saturated rings. The van der Waals surface area contributed by atoms with Crippen LogP contribution in [-0.2, 0) is 14.9 Å². The van der Waals surface area contributed by atoms with E-state index in [1.807, 2.05) is 11.8 Å². The van der Waals surface area contributed by atoms with Gasteiger partial charge < -0.3 is 15.0 Å². The second-order valence-corrected chi connectivity index (χ2v) is 8.27. The average molecular weight is 376 g/mol. The number of alkyl carbamates (subject to hydrolysis) is 1. The van der Waals surface area contributed by atoms with Crippen LogP contribution in [0.5, 0.6) is 0 Å². The highest BCUT2D eigenvalue weighted by Gasteiger charge is 2.29. The van der Waals surface area contributed by atoms with Crippen LogP contribution >= 0.6 is 0 Å². The van der Waals surface area contributed by atoms with Crippen LogP contribution < -0.4 is 5.32 Å². The lowest BCUT2D eigenvalue weighted by atomic mass is 9.88. The number of hydrogen-bond acceptors (Lipinski definition) is 4. The van der Waals surface area contributed by atoms with Crippen LogP contribution in [0.1, 0.15) is 64.3 Å². The number of rotatable bonds is 5. The number of pyridine rings is 1. The van der Waals surface area contributed by atoms with E-state index in [0.717, 1.165) is 37.3 Å². The van der Waals surface area contributed by atoms with Crippen molar-refractivity contribution in [1.29, 1.82) is 0 Å². The molecule has 0 aromatic carbocycles. The molecular formula is C21H33N3O3. The van der Waals surface area contributed by atoms with Crippen molar-refractivity contribution in [3.63, 3.8) is 0 Å². The Balaban J connectivity index is 1.94. The molecule has 1 unspecified atom stereocenters. The molecule has 1 N–H and O–H groups in total. The first-order valence-corrected chi connectivity index (χ1v) is 9.84. The van der Waals surface area contributed by atoms with E-state index < -0.39 is 6.09 Å².